The van der Waals surface area contributed by atoms with E-state index in [0.29, 0.717) is 66.3 Å². The van der Waals surface area contributed by atoms with Gasteiger partial charge in [0.1, 0.15) is 29.0 Å². The van der Waals surface area contributed by atoms with Gasteiger partial charge in [-0.1, -0.05) is 82.2 Å². The van der Waals surface area contributed by atoms with Crippen molar-refractivity contribution in [3.05, 3.63) is 98.6 Å². The number of benzene rings is 3. The summed E-state index contributed by atoms with van der Waals surface area (Å²) in [6, 6.07) is 13.4. The second-order valence-electron chi connectivity index (χ2n) is 18.9. The Bertz CT molecular complexity index is 2340. The summed E-state index contributed by atoms with van der Waals surface area (Å²) >= 11 is 0. The summed E-state index contributed by atoms with van der Waals surface area (Å²) in [7, 11) is 0. The number of aromatic hydroxyl groups is 1. The number of esters is 2. The largest absolute Gasteiger partial charge is 0.507 e. The first-order valence-electron chi connectivity index (χ1n) is 23.9. The monoisotopic (exact) mass is 889 g/mol. The van der Waals surface area contributed by atoms with E-state index < -0.39 is 53.6 Å². The van der Waals surface area contributed by atoms with E-state index in [1.54, 1.807) is 13.0 Å². The van der Waals surface area contributed by atoms with Crippen molar-refractivity contribution in [3.8, 4) is 23.3 Å². The van der Waals surface area contributed by atoms with Gasteiger partial charge in [-0.3, -0.25) is 9.59 Å². The van der Waals surface area contributed by atoms with Crippen molar-refractivity contribution in [2.75, 3.05) is 11.9 Å². The van der Waals surface area contributed by atoms with Crippen LogP contribution in [0.1, 0.15) is 148 Å². The average molecular weight is 890 g/mol. The molecule has 8 atom stereocenters. The zero-order chi connectivity index (χ0) is 46.4. The molecular weight excluding hydrogens is 823 g/mol. The van der Waals surface area contributed by atoms with Gasteiger partial charge in [-0.05, 0) is 116 Å². The van der Waals surface area contributed by atoms with Crippen molar-refractivity contribution in [2.45, 2.75) is 166 Å². The first kappa shape index (κ1) is 48.0. The topological polar surface area (TPSA) is 183 Å². The first-order chi connectivity index (χ1) is 31.2. The van der Waals surface area contributed by atoms with Crippen LogP contribution in [-0.4, -0.2) is 73.7 Å². The standard InChI is InChI=1S/C54H67NO10/c1-5-8-9-13-45-41(31-56)23-37(27-47(45)55-30-32(4)57)35-14-15-36-29-50(60)65-52-44(7-3)51(61)39(26-46(36)52)28-49-54(63,18-6-2)42-16-17-48(59)38(24-42)20-33-11-10-12-34(19-33)21-43(58)25-40(22-35)53(62)64-49/h10-12,19,23,25-27,32,35-36,38,42-43,49,55-58,61,63H,5-9,13,16-18,20-22,24,28-31H2,1-4H3. The van der Waals surface area contributed by atoms with Crippen LogP contribution in [0.25, 0.3) is 0 Å². The zero-order valence-corrected chi connectivity index (χ0v) is 38.5. The number of phenolic OH excluding ortho intramolecular Hbond substituents is 1. The zero-order valence-electron chi connectivity index (χ0n) is 38.5. The molecule has 6 N–H and O–H groups in total. The minimum Gasteiger partial charge on any atom is -0.507 e. The summed E-state index contributed by atoms with van der Waals surface area (Å²) < 4.78 is 12.5. The molecule has 8 unspecified atom stereocenters. The average Bonchev–Trinajstić information content (AvgIpc) is 3.28. The number of ketones is 1. The van der Waals surface area contributed by atoms with Crippen LogP contribution in [0.3, 0.4) is 0 Å². The Morgan fingerprint density at radius 1 is 0.923 bits per heavy atom. The minimum absolute atomic E-state index is 0.0369. The Hall–Kier alpha value is -4.99. The van der Waals surface area contributed by atoms with E-state index in [0.717, 1.165) is 41.6 Å². The lowest BCUT2D eigenvalue weighted by atomic mass is 9.66. The number of anilines is 1. The molecule has 65 heavy (non-hydrogen) atoms. The van der Waals surface area contributed by atoms with Crippen LogP contribution in [0.5, 0.6) is 11.5 Å². The van der Waals surface area contributed by atoms with E-state index in [1.807, 2.05) is 50.2 Å². The Kier molecular flexibility index (Phi) is 15.6. The predicted octanol–water partition coefficient (Wildman–Crippen LogP) is 7.61. The van der Waals surface area contributed by atoms with Crippen LogP contribution < -0.4 is 10.1 Å². The highest BCUT2D eigenvalue weighted by Gasteiger charge is 2.49. The van der Waals surface area contributed by atoms with E-state index in [1.165, 1.54) is 6.08 Å². The number of aliphatic hydroxyl groups is 4. The highest BCUT2D eigenvalue weighted by Crippen LogP contribution is 2.47. The number of fused-ring (bicyclic) bond motifs is 8. The van der Waals surface area contributed by atoms with Crippen molar-refractivity contribution >= 4 is 23.4 Å². The maximum Gasteiger partial charge on any atom is 0.334 e. The van der Waals surface area contributed by atoms with Gasteiger partial charge in [0, 0.05) is 60.0 Å². The number of ether oxygens (including phenoxy) is 2. The molecule has 0 aromatic heterocycles. The number of Topliss-reactive ketones (excluding diaryl/α,β-unsaturated/α-hetero) is 1. The third-order valence-corrected chi connectivity index (χ3v) is 14.1. The molecule has 1 saturated carbocycles. The molecule has 0 saturated heterocycles. The number of phenols is 1. The van der Waals surface area contributed by atoms with Gasteiger partial charge in [0.15, 0.2) is 0 Å². The molecule has 1 aliphatic carbocycles. The van der Waals surface area contributed by atoms with Crippen LogP contribution in [0, 0.1) is 23.7 Å². The first-order valence-corrected chi connectivity index (χ1v) is 23.9. The molecule has 1 fully saturated rings. The predicted molar refractivity (Wildman–Crippen MR) is 249 cm³/mol. The third-order valence-electron chi connectivity index (χ3n) is 14.1. The van der Waals surface area contributed by atoms with E-state index in [-0.39, 0.29) is 80.4 Å². The number of hydrogen-bond donors (Lipinski definition) is 6. The molecule has 0 amide bonds. The molecule has 11 nitrogen and oxygen atoms in total. The van der Waals surface area contributed by atoms with Gasteiger partial charge in [-0.15, -0.1) is 0 Å². The highest BCUT2D eigenvalue weighted by atomic mass is 16.6. The van der Waals surface area contributed by atoms with Gasteiger partial charge < -0.3 is 40.3 Å². The van der Waals surface area contributed by atoms with Crippen molar-refractivity contribution in [1.82, 2.24) is 0 Å². The number of carbonyl (C=O) groups excluding carboxylic acids is 3. The van der Waals surface area contributed by atoms with Crippen molar-refractivity contribution in [3.63, 3.8) is 0 Å². The van der Waals surface area contributed by atoms with E-state index >= 15 is 4.79 Å². The molecule has 3 heterocycles. The summed E-state index contributed by atoms with van der Waals surface area (Å²) in [6.45, 7) is 7.63. The summed E-state index contributed by atoms with van der Waals surface area (Å²) in [6.07, 6.45) is 4.76. The lowest BCUT2D eigenvalue weighted by Crippen LogP contribution is -2.54. The van der Waals surface area contributed by atoms with E-state index in [9.17, 15) is 35.1 Å². The molecule has 11 heteroatoms. The van der Waals surface area contributed by atoms with E-state index in [2.05, 4.69) is 24.1 Å². The van der Waals surface area contributed by atoms with Crippen LogP contribution in [0.2, 0.25) is 0 Å². The Morgan fingerprint density at radius 3 is 2.42 bits per heavy atom. The summed E-state index contributed by atoms with van der Waals surface area (Å²) in [4.78, 5) is 42.1. The van der Waals surface area contributed by atoms with Crippen molar-refractivity contribution < 1.29 is 49.4 Å². The number of hydrogen-bond acceptors (Lipinski definition) is 11. The maximum absolute atomic E-state index is 15.2. The molecule has 8 bridgehead atoms. The molecule has 0 radical (unpaired) electrons. The number of rotatable bonds is 12. The minimum atomic E-state index is -1.63. The smallest absolute Gasteiger partial charge is 0.334 e. The van der Waals surface area contributed by atoms with Gasteiger partial charge in [0.05, 0.1) is 31.2 Å². The molecule has 3 aromatic rings. The molecule has 0 spiro atoms. The van der Waals surface area contributed by atoms with Gasteiger partial charge in [-0.25, -0.2) is 4.79 Å². The van der Waals surface area contributed by atoms with Gasteiger partial charge in [-0.2, -0.15) is 0 Å². The van der Waals surface area contributed by atoms with Gasteiger partial charge >= 0.3 is 11.9 Å². The normalized spacial score (nSPS) is 26.1. The lowest BCUT2D eigenvalue weighted by Gasteiger charge is -2.45. The molecule has 3 aliphatic heterocycles. The van der Waals surface area contributed by atoms with Crippen molar-refractivity contribution in [1.29, 1.82) is 0 Å². The quantitative estimate of drug-likeness (QED) is 0.0456. The molecule has 4 aliphatic rings. The Morgan fingerprint density at radius 2 is 1.69 bits per heavy atom. The molecule has 7 rings (SSSR count). The molecule has 348 valence electrons. The van der Waals surface area contributed by atoms with Gasteiger partial charge in [0.25, 0.3) is 0 Å². The third kappa shape index (κ3) is 10.8. The van der Waals surface area contributed by atoms with Crippen LogP contribution in [0.4, 0.5) is 5.69 Å². The van der Waals surface area contributed by atoms with Gasteiger partial charge in [0.2, 0.25) is 0 Å². The fourth-order valence-corrected chi connectivity index (χ4v) is 10.7. The second kappa shape index (κ2) is 21.1. The summed E-state index contributed by atoms with van der Waals surface area (Å²) in [5, 5.41) is 61.7. The fourth-order valence-electron chi connectivity index (χ4n) is 10.7. The van der Waals surface area contributed by atoms with Crippen LogP contribution >= 0.6 is 0 Å². The summed E-state index contributed by atoms with van der Waals surface area (Å²) in [5.74, 6) is 3.67. The van der Waals surface area contributed by atoms with Crippen LogP contribution in [-0.2, 0) is 57.8 Å². The lowest BCUT2D eigenvalue weighted by molar-refractivity contribution is -0.176. The van der Waals surface area contributed by atoms with Crippen molar-refractivity contribution in [2.24, 2.45) is 11.8 Å². The summed E-state index contributed by atoms with van der Waals surface area (Å²) in [5.41, 5.74) is 4.76. The number of carbonyl (C=O) groups is 3. The SMILES string of the molecule is CCCCCc1c(CO)cc(C2C#CC3CC(=O)Oc4c3cc(c(O)c4CC)CC3OC(=O)C(=CC(O)Cc4cccc(c4)CC4CC(CCC4=O)C3(O)CCC)C2)cc1NCC(C)O. The maximum atomic E-state index is 15.2. The Labute approximate surface area is 383 Å². The number of aliphatic hydroxyl groups excluding tert-OH is 3. The number of unbranched alkanes of at least 4 members (excludes halogenated alkanes) is 2. The Balaban J connectivity index is 1.47. The van der Waals surface area contributed by atoms with Crippen LogP contribution in [0.15, 0.2) is 54.1 Å². The molecular formula is C54H67NO10. The fraction of sp³-hybridized carbons (Fsp3) is 0.537. The number of nitrogens with one attached hydrogen (secondary N) is 1. The second-order valence-corrected chi connectivity index (χ2v) is 18.9. The highest BCUT2D eigenvalue weighted by molar-refractivity contribution is 5.89. The molecule has 3 aromatic carbocycles. The van der Waals surface area contributed by atoms with E-state index in [4.69, 9.17) is 9.47 Å².